The van der Waals surface area contributed by atoms with E-state index in [-0.39, 0.29) is 17.2 Å². The van der Waals surface area contributed by atoms with E-state index in [0.717, 1.165) is 16.7 Å². The molecule has 0 spiro atoms. The first-order valence-corrected chi connectivity index (χ1v) is 11.5. The molecule has 1 aliphatic heterocycles. The number of nitriles is 1. The van der Waals surface area contributed by atoms with Crippen molar-refractivity contribution in [2.75, 3.05) is 11.1 Å². The molecule has 0 radical (unpaired) electrons. The highest BCUT2D eigenvalue weighted by Crippen LogP contribution is 2.39. The molecule has 1 heterocycles. The molecule has 2 amide bonds. The fraction of sp³-hybridized carbons (Fsp3) is 0.160. The number of hydrogen-bond acceptors (Lipinski definition) is 4. The summed E-state index contributed by atoms with van der Waals surface area (Å²) in [6, 6.07) is 24.2. The third kappa shape index (κ3) is 5.13. The minimum Gasteiger partial charge on any atom is -0.322 e. The Morgan fingerprint density at radius 1 is 1.03 bits per heavy atom. The summed E-state index contributed by atoms with van der Waals surface area (Å²) in [6.45, 7) is 0.512. The van der Waals surface area contributed by atoms with Crippen molar-refractivity contribution >= 4 is 40.9 Å². The molecule has 0 saturated carbocycles. The van der Waals surface area contributed by atoms with Crippen LogP contribution in [0.4, 0.5) is 5.69 Å². The molecule has 1 saturated heterocycles. The Bertz CT molecular complexity index is 1160. The maximum atomic E-state index is 12.6. The van der Waals surface area contributed by atoms with Gasteiger partial charge in [0.1, 0.15) is 5.37 Å². The molecule has 1 N–H and O–H groups in total. The number of halogens is 1. The second-order valence-electron chi connectivity index (χ2n) is 7.42. The summed E-state index contributed by atoms with van der Waals surface area (Å²) >= 11 is 7.55. The second-order valence-corrected chi connectivity index (χ2v) is 8.92. The molecule has 0 unspecified atom stereocenters. The highest BCUT2D eigenvalue weighted by molar-refractivity contribution is 8.00. The zero-order valence-corrected chi connectivity index (χ0v) is 18.7. The molecule has 1 fully saturated rings. The van der Waals surface area contributed by atoms with Crippen LogP contribution in [0.5, 0.6) is 0 Å². The standard InChI is InChI=1S/C25H20ClN3O2S/c26-21-9-1-18(2-10-21)15-29-23(30)16-32-25(29)20-7-5-19(6-8-20)24(31)28-22-11-3-17(4-12-22)13-14-27/h1-12,25H,13,15-16H2,(H,28,31)/t25-/m0/s1. The van der Waals surface area contributed by atoms with Crippen LogP contribution in [0.25, 0.3) is 0 Å². The van der Waals surface area contributed by atoms with Gasteiger partial charge in [-0.25, -0.2) is 0 Å². The fourth-order valence-electron chi connectivity index (χ4n) is 3.49. The first-order valence-electron chi connectivity index (χ1n) is 10.1. The van der Waals surface area contributed by atoms with Gasteiger partial charge < -0.3 is 10.2 Å². The topological polar surface area (TPSA) is 73.2 Å². The van der Waals surface area contributed by atoms with Gasteiger partial charge in [0.25, 0.3) is 5.91 Å². The summed E-state index contributed by atoms with van der Waals surface area (Å²) in [6.07, 6.45) is 0.340. The Hall–Kier alpha value is -3.27. The summed E-state index contributed by atoms with van der Waals surface area (Å²) < 4.78 is 0. The Kier molecular flexibility index (Phi) is 6.79. The number of benzene rings is 3. The van der Waals surface area contributed by atoms with Gasteiger partial charge in [0, 0.05) is 22.8 Å². The van der Waals surface area contributed by atoms with Crippen molar-refractivity contribution < 1.29 is 9.59 Å². The number of amides is 2. The van der Waals surface area contributed by atoms with Crippen molar-refractivity contribution in [1.29, 1.82) is 5.26 Å². The van der Waals surface area contributed by atoms with E-state index in [0.29, 0.717) is 35.0 Å². The zero-order valence-electron chi connectivity index (χ0n) is 17.1. The fourth-order valence-corrected chi connectivity index (χ4v) is 4.80. The number of carbonyl (C=O) groups is 2. The third-order valence-corrected chi connectivity index (χ3v) is 6.70. The highest BCUT2D eigenvalue weighted by atomic mass is 35.5. The summed E-state index contributed by atoms with van der Waals surface area (Å²) in [5.74, 6) is 0.317. The van der Waals surface area contributed by atoms with E-state index in [1.807, 2.05) is 53.4 Å². The zero-order chi connectivity index (χ0) is 22.5. The summed E-state index contributed by atoms with van der Waals surface area (Å²) in [5, 5.41) is 12.2. The van der Waals surface area contributed by atoms with E-state index in [1.54, 1.807) is 36.0 Å². The van der Waals surface area contributed by atoms with E-state index in [9.17, 15) is 9.59 Å². The van der Waals surface area contributed by atoms with Gasteiger partial charge >= 0.3 is 0 Å². The largest absolute Gasteiger partial charge is 0.322 e. The number of anilines is 1. The minimum atomic E-state index is -0.210. The predicted octanol–water partition coefficient (Wildman–Crippen LogP) is 5.43. The van der Waals surface area contributed by atoms with E-state index in [2.05, 4.69) is 11.4 Å². The number of thioether (sulfide) groups is 1. The minimum absolute atomic E-state index is 0.0941. The molecule has 32 heavy (non-hydrogen) atoms. The van der Waals surface area contributed by atoms with Gasteiger partial charge in [-0.2, -0.15) is 5.26 Å². The average Bonchev–Trinajstić information content (AvgIpc) is 3.17. The van der Waals surface area contributed by atoms with Gasteiger partial charge in [0.05, 0.1) is 18.2 Å². The van der Waals surface area contributed by atoms with Crippen molar-refractivity contribution in [3.63, 3.8) is 0 Å². The normalized spacial score (nSPS) is 15.4. The number of carbonyl (C=O) groups excluding carboxylic acids is 2. The van der Waals surface area contributed by atoms with Crippen LogP contribution in [0.1, 0.15) is 32.4 Å². The molecular weight excluding hydrogens is 442 g/mol. The highest BCUT2D eigenvalue weighted by Gasteiger charge is 2.32. The van der Waals surface area contributed by atoms with Crippen molar-refractivity contribution in [2.24, 2.45) is 0 Å². The van der Waals surface area contributed by atoms with Crippen LogP contribution < -0.4 is 5.32 Å². The Morgan fingerprint density at radius 2 is 1.69 bits per heavy atom. The molecule has 1 aliphatic rings. The monoisotopic (exact) mass is 461 g/mol. The summed E-state index contributed by atoms with van der Waals surface area (Å²) in [4.78, 5) is 26.9. The van der Waals surface area contributed by atoms with E-state index in [1.165, 1.54) is 0 Å². The average molecular weight is 462 g/mol. The van der Waals surface area contributed by atoms with Crippen molar-refractivity contribution in [1.82, 2.24) is 4.90 Å². The van der Waals surface area contributed by atoms with Crippen LogP contribution in [0, 0.1) is 11.3 Å². The number of rotatable bonds is 6. The molecule has 0 aromatic heterocycles. The second kappa shape index (κ2) is 9.90. The molecule has 3 aromatic rings. The smallest absolute Gasteiger partial charge is 0.255 e. The lowest BCUT2D eigenvalue weighted by Crippen LogP contribution is -2.27. The summed E-state index contributed by atoms with van der Waals surface area (Å²) in [5.41, 5.74) is 4.11. The Balaban J connectivity index is 1.43. The molecule has 1 atom stereocenters. The van der Waals surface area contributed by atoms with Crippen molar-refractivity contribution in [3.8, 4) is 6.07 Å². The SMILES string of the molecule is N#CCc1ccc(NC(=O)c2ccc([C@@H]3SCC(=O)N3Cc3ccc(Cl)cc3)cc2)cc1. The Morgan fingerprint density at radius 3 is 2.34 bits per heavy atom. The van der Waals surface area contributed by atoms with Gasteiger partial charge in [0.2, 0.25) is 5.91 Å². The number of hydrogen-bond donors (Lipinski definition) is 1. The predicted molar refractivity (Wildman–Crippen MR) is 127 cm³/mol. The van der Waals surface area contributed by atoms with Crippen LogP contribution in [-0.4, -0.2) is 22.5 Å². The molecule has 160 valence electrons. The van der Waals surface area contributed by atoms with Crippen LogP contribution in [0.3, 0.4) is 0 Å². The van der Waals surface area contributed by atoms with Gasteiger partial charge in [-0.05, 0) is 53.1 Å². The molecule has 7 heteroatoms. The first-order chi connectivity index (χ1) is 15.5. The van der Waals surface area contributed by atoms with E-state index >= 15 is 0 Å². The van der Waals surface area contributed by atoms with Gasteiger partial charge in [0.15, 0.2) is 0 Å². The van der Waals surface area contributed by atoms with Gasteiger partial charge in [-0.1, -0.05) is 48.0 Å². The molecule has 3 aromatic carbocycles. The van der Waals surface area contributed by atoms with Crippen molar-refractivity contribution in [3.05, 3.63) is 100 Å². The number of nitrogens with one attached hydrogen (secondary N) is 1. The third-order valence-electron chi connectivity index (χ3n) is 5.19. The first kappa shape index (κ1) is 21.9. The van der Waals surface area contributed by atoms with Crippen molar-refractivity contribution in [2.45, 2.75) is 18.3 Å². The maximum Gasteiger partial charge on any atom is 0.255 e. The summed E-state index contributed by atoms with van der Waals surface area (Å²) in [7, 11) is 0. The van der Waals surface area contributed by atoms with Crippen LogP contribution in [-0.2, 0) is 17.8 Å². The van der Waals surface area contributed by atoms with Crippen LogP contribution in [0.15, 0.2) is 72.8 Å². The molecular formula is C25H20ClN3O2S. The molecule has 0 aliphatic carbocycles. The lowest BCUT2D eigenvalue weighted by molar-refractivity contribution is -0.128. The van der Waals surface area contributed by atoms with Crippen LogP contribution in [0.2, 0.25) is 5.02 Å². The lowest BCUT2D eigenvalue weighted by atomic mass is 10.1. The van der Waals surface area contributed by atoms with E-state index in [4.69, 9.17) is 16.9 Å². The van der Waals surface area contributed by atoms with Gasteiger partial charge in [-0.3, -0.25) is 9.59 Å². The maximum absolute atomic E-state index is 12.6. The Labute approximate surface area is 196 Å². The molecule has 5 nitrogen and oxygen atoms in total. The lowest BCUT2D eigenvalue weighted by Gasteiger charge is -2.24. The van der Waals surface area contributed by atoms with Gasteiger partial charge in [-0.15, -0.1) is 11.8 Å². The van der Waals surface area contributed by atoms with Crippen LogP contribution >= 0.6 is 23.4 Å². The molecule has 4 rings (SSSR count). The molecule has 0 bridgehead atoms. The quantitative estimate of drug-likeness (QED) is 0.531. The van der Waals surface area contributed by atoms with E-state index < -0.39 is 0 Å². The number of nitrogens with zero attached hydrogens (tertiary/aromatic N) is 2.